The van der Waals surface area contributed by atoms with Crippen molar-refractivity contribution >= 4 is 10.8 Å². The average molecular weight is 390 g/mol. The van der Waals surface area contributed by atoms with Gasteiger partial charge in [-0.25, -0.2) is 26.3 Å². The van der Waals surface area contributed by atoms with Crippen LogP contribution in [0.15, 0.2) is 48.5 Å². The maximum atomic E-state index is 14.6. The Morgan fingerprint density at radius 2 is 0.750 bits per heavy atom. The van der Waals surface area contributed by atoms with Gasteiger partial charge in [-0.2, -0.15) is 0 Å². The van der Waals surface area contributed by atoms with E-state index in [9.17, 15) is 26.3 Å². The van der Waals surface area contributed by atoms with Gasteiger partial charge in [0.2, 0.25) is 0 Å². The molecule has 2 nitrogen and oxygen atoms in total. The number of hydrogen-bond acceptors (Lipinski definition) is 2. The van der Waals surface area contributed by atoms with E-state index in [0.29, 0.717) is 0 Å². The van der Waals surface area contributed by atoms with E-state index in [4.69, 9.17) is 0 Å². The van der Waals surface area contributed by atoms with Crippen molar-refractivity contribution in [3.05, 3.63) is 83.4 Å². The van der Waals surface area contributed by atoms with Crippen LogP contribution in [0.4, 0.5) is 26.3 Å². The smallest absolute Gasteiger partial charge is 0.198 e. The Labute approximate surface area is 154 Å². The Bertz CT molecular complexity index is 1110. The Morgan fingerprint density at radius 3 is 1.07 bits per heavy atom. The summed E-state index contributed by atoms with van der Waals surface area (Å²) in [6.07, 6.45) is 0. The predicted molar refractivity (Wildman–Crippen MR) is 90.2 cm³/mol. The first kappa shape index (κ1) is 18.0. The third kappa shape index (κ3) is 2.77. The van der Waals surface area contributed by atoms with E-state index in [-0.39, 0.29) is 22.5 Å². The van der Waals surface area contributed by atoms with Gasteiger partial charge in [0, 0.05) is 11.1 Å². The largest absolute Gasteiger partial charge is 0.207 e. The van der Waals surface area contributed by atoms with E-state index in [2.05, 4.69) is 10.2 Å². The van der Waals surface area contributed by atoms with Crippen LogP contribution in [0.2, 0.25) is 0 Å². The molecule has 140 valence electrons. The second kappa shape index (κ2) is 6.63. The first-order valence-corrected chi connectivity index (χ1v) is 7.92. The molecular formula is C20H8F6N2. The van der Waals surface area contributed by atoms with Crippen LogP contribution in [0.3, 0.4) is 0 Å². The van der Waals surface area contributed by atoms with Crippen molar-refractivity contribution in [3.8, 4) is 22.5 Å². The SMILES string of the molecule is Fc1ccc(-c2nnc(-c3ccc(F)cc3)c3c(F)c(F)c(F)c(F)c23)cc1. The van der Waals surface area contributed by atoms with Gasteiger partial charge >= 0.3 is 0 Å². The number of halogens is 6. The van der Waals surface area contributed by atoms with E-state index >= 15 is 0 Å². The van der Waals surface area contributed by atoms with Gasteiger partial charge in [0.15, 0.2) is 23.3 Å². The highest BCUT2D eigenvalue weighted by Crippen LogP contribution is 2.37. The number of benzene rings is 3. The zero-order valence-corrected chi connectivity index (χ0v) is 13.8. The second-order valence-corrected chi connectivity index (χ2v) is 5.92. The summed E-state index contributed by atoms with van der Waals surface area (Å²) in [7, 11) is 0. The summed E-state index contributed by atoms with van der Waals surface area (Å²) < 4.78 is 83.5. The average Bonchev–Trinajstić information content (AvgIpc) is 2.71. The van der Waals surface area contributed by atoms with E-state index in [1.165, 1.54) is 24.3 Å². The lowest BCUT2D eigenvalue weighted by Gasteiger charge is -2.12. The van der Waals surface area contributed by atoms with Crippen molar-refractivity contribution in [3.63, 3.8) is 0 Å². The molecule has 3 aromatic carbocycles. The third-order valence-corrected chi connectivity index (χ3v) is 4.23. The summed E-state index contributed by atoms with van der Waals surface area (Å²) in [5.74, 6) is -8.52. The highest BCUT2D eigenvalue weighted by Gasteiger charge is 2.27. The molecule has 0 radical (unpaired) electrons. The number of nitrogens with zero attached hydrogens (tertiary/aromatic N) is 2. The first-order valence-electron chi connectivity index (χ1n) is 7.92. The van der Waals surface area contributed by atoms with Crippen molar-refractivity contribution in [2.75, 3.05) is 0 Å². The van der Waals surface area contributed by atoms with E-state index in [0.717, 1.165) is 24.3 Å². The van der Waals surface area contributed by atoms with Crippen LogP contribution < -0.4 is 0 Å². The van der Waals surface area contributed by atoms with Crippen molar-refractivity contribution in [1.29, 1.82) is 0 Å². The monoisotopic (exact) mass is 390 g/mol. The number of hydrogen-bond donors (Lipinski definition) is 0. The van der Waals surface area contributed by atoms with Gasteiger partial charge in [-0.15, -0.1) is 10.2 Å². The van der Waals surface area contributed by atoms with Gasteiger partial charge in [0.05, 0.1) is 10.8 Å². The molecule has 0 N–H and O–H groups in total. The van der Waals surface area contributed by atoms with Crippen LogP contribution in [-0.4, -0.2) is 10.2 Å². The fourth-order valence-electron chi connectivity index (χ4n) is 2.90. The zero-order chi connectivity index (χ0) is 20.0. The molecule has 0 saturated heterocycles. The van der Waals surface area contributed by atoms with Crippen LogP contribution in [0.1, 0.15) is 0 Å². The Morgan fingerprint density at radius 1 is 0.429 bits per heavy atom. The molecule has 0 bridgehead atoms. The molecule has 8 heteroatoms. The summed E-state index contributed by atoms with van der Waals surface area (Å²) in [6, 6.07) is 9.05. The van der Waals surface area contributed by atoms with Crippen LogP contribution in [-0.2, 0) is 0 Å². The van der Waals surface area contributed by atoms with Gasteiger partial charge in [-0.05, 0) is 48.5 Å². The fraction of sp³-hybridized carbons (Fsp3) is 0. The van der Waals surface area contributed by atoms with E-state index in [1.807, 2.05) is 0 Å². The van der Waals surface area contributed by atoms with Crippen LogP contribution >= 0.6 is 0 Å². The molecule has 4 aromatic rings. The highest BCUT2D eigenvalue weighted by molar-refractivity contribution is 6.02. The summed E-state index contributed by atoms with van der Waals surface area (Å²) in [5.41, 5.74) is -0.352. The molecule has 0 unspecified atom stereocenters. The fourth-order valence-corrected chi connectivity index (χ4v) is 2.90. The third-order valence-electron chi connectivity index (χ3n) is 4.23. The van der Waals surface area contributed by atoms with Crippen molar-refractivity contribution in [2.45, 2.75) is 0 Å². The van der Waals surface area contributed by atoms with Crippen molar-refractivity contribution in [1.82, 2.24) is 10.2 Å². The van der Waals surface area contributed by atoms with E-state index in [1.54, 1.807) is 0 Å². The molecule has 4 rings (SSSR count). The molecule has 1 aromatic heterocycles. The Balaban J connectivity index is 2.13. The molecule has 0 fully saturated rings. The number of aromatic nitrogens is 2. The quantitative estimate of drug-likeness (QED) is 0.246. The Kier molecular flexibility index (Phi) is 4.26. The molecule has 0 saturated carbocycles. The molecule has 1 heterocycles. The number of rotatable bonds is 2. The minimum absolute atomic E-state index is 0.119. The van der Waals surface area contributed by atoms with Gasteiger partial charge in [-0.3, -0.25) is 0 Å². The maximum absolute atomic E-state index is 14.6. The molecule has 0 aliphatic rings. The summed E-state index contributed by atoms with van der Waals surface area (Å²) in [5, 5.41) is 6.32. The molecule has 0 aliphatic carbocycles. The lowest BCUT2D eigenvalue weighted by atomic mass is 9.99. The van der Waals surface area contributed by atoms with Gasteiger partial charge in [-0.1, -0.05) is 0 Å². The minimum Gasteiger partial charge on any atom is -0.207 e. The molecule has 0 atom stereocenters. The maximum Gasteiger partial charge on any atom is 0.198 e. The number of fused-ring (bicyclic) bond motifs is 1. The lowest BCUT2D eigenvalue weighted by Crippen LogP contribution is -2.04. The highest BCUT2D eigenvalue weighted by atomic mass is 19.2. The molecule has 0 spiro atoms. The van der Waals surface area contributed by atoms with Crippen molar-refractivity contribution < 1.29 is 26.3 Å². The van der Waals surface area contributed by atoms with Gasteiger partial charge in [0.25, 0.3) is 0 Å². The lowest BCUT2D eigenvalue weighted by molar-refractivity contribution is 0.418. The summed E-state index contributed by atoms with van der Waals surface area (Å²) in [4.78, 5) is 0. The van der Waals surface area contributed by atoms with Gasteiger partial charge in [0.1, 0.15) is 23.0 Å². The van der Waals surface area contributed by atoms with Gasteiger partial charge < -0.3 is 0 Å². The first-order chi connectivity index (χ1) is 13.4. The zero-order valence-electron chi connectivity index (χ0n) is 13.8. The normalized spacial score (nSPS) is 11.2. The van der Waals surface area contributed by atoms with E-state index < -0.39 is 45.7 Å². The topological polar surface area (TPSA) is 25.8 Å². The van der Waals surface area contributed by atoms with Crippen LogP contribution in [0.5, 0.6) is 0 Å². The van der Waals surface area contributed by atoms with Crippen molar-refractivity contribution in [2.24, 2.45) is 0 Å². The molecule has 0 aliphatic heterocycles. The second-order valence-electron chi connectivity index (χ2n) is 5.92. The molecule has 0 amide bonds. The Hall–Kier alpha value is -3.42. The summed E-state index contributed by atoms with van der Waals surface area (Å²) >= 11 is 0. The van der Waals surface area contributed by atoms with Crippen LogP contribution in [0, 0.1) is 34.9 Å². The minimum atomic E-state index is -2.01. The molecular weight excluding hydrogens is 382 g/mol. The summed E-state index contributed by atoms with van der Waals surface area (Å²) in [6.45, 7) is 0. The molecule has 28 heavy (non-hydrogen) atoms. The predicted octanol–water partition coefficient (Wildman–Crippen LogP) is 5.80. The van der Waals surface area contributed by atoms with Crippen LogP contribution in [0.25, 0.3) is 33.3 Å². The standard InChI is InChI=1S/C20H8F6N2/c21-11-5-1-9(2-6-11)19-13-14(16(24)18(26)17(25)15(13)23)20(28-27-19)10-3-7-12(22)8-4-10/h1-8H.